The topological polar surface area (TPSA) is 59.8 Å². The molecule has 0 bridgehead atoms. The van der Waals surface area contributed by atoms with Gasteiger partial charge in [0.2, 0.25) is 0 Å². The third kappa shape index (κ3) is 4.52. The van der Waals surface area contributed by atoms with Crippen molar-refractivity contribution in [3.63, 3.8) is 0 Å². The Morgan fingerprint density at radius 1 is 1.24 bits per heavy atom. The van der Waals surface area contributed by atoms with Crippen LogP contribution >= 0.6 is 35.0 Å². The number of hydrogen-bond donors (Lipinski definition) is 1. The van der Waals surface area contributed by atoms with Crippen molar-refractivity contribution in [3.05, 3.63) is 63.5 Å². The number of carbonyl (C=O) groups is 1. The van der Waals surface area contributed by atoms with E-state index in [0.29, 0.717) is 27.2 Å². The molecule has 0 atom stereocenters. The van der Waals surface area contributed by atoms with Crippen LogP contribution in [0.1, 0.15) is 21.7 Å². The van der Waals surface area contributed by atoms with Crippen LogP contribution in [0.4, 0.5) is 18.9 Å². The van der Waals surface area contributed by atoms with E-state index in [4.69, 9.17) is 23.2 Å². The van der Waals surface area contributed by atoms with E-state index in [2.05, 4.69) is 15.4 Å². The lowest BCUT2D eigenvalue weighted by molar-refractivity contribution is -0.141. The first-order chi connectivity index (χ1) is 13.6. The predicted octanol–water partition coefficient (Wildman–Crippen LogP) is 5.88. The highest BCUT2D eigenvalue weighted by Crippen LogP contribution is 2.34. The van der Waals surface area contributed by atoms with Gasteiger partial charge in [-0.05, 0) is 43.0 Å². The third-order valence-electron chi connectivity index (χ3n) is 3.89. The lowest BCUT2D eigenvalue weighted by atomic mass is 10.2. The number of aromatic nitrogens is 3. The van der Waals surface area contributed by atoms with Gasteiger partial charge in [-0.15, -0.1) is 11.8 Å². The number of nitrogens with one attached hydrogen (secondary N) is 1. The number of alkyl halides is 3. The Labute approximate surface area is 178 Å². The van der Waals surface area contributed by atoms with E-state index in [1.807, 2.05) is 0 Å². The van der Waals surface area contributed by atoms with Crippen molar-refractivity contribution in [2.24, 2.45) is 0 Å². The van der Waals surface area contributed by atoms with Crippen LogP contribution in [-0.4, -0.2) is 26.9 Å². The Bertz CT molecular complexity index is 1090. The van der Waals surface area contributed by atoms with Crippen LogP contribution in [0.15, 0.2) is 41.4 Å². The quantitative estimate of drug-likeness (QED) is 0.494. The molecule has 0 aliphatic carbocycles. The molecule has 5 nitrogen and oxygen atoms in total. The smallest absolute Gasteiger partial charge is 0.319 e. The van der Waals surface area contributed by atoms with Crippen molar-refractivity contribution in [3.8, 4) is 5.82 Å². The van der Waals surface area contributed by atoms with Crippen molar-refractivity contribution in [1.82, 2.24) is 14.8 Å². The average Bonchev–Trinajstić information content (AvgIpc) is 3.09. The van der Waals surface area contributed by atoms with Crippen LogP contribution in [0.25, 0.3) is 5.82 Å². The van der Waals surface area contributed by atoms with Crippen LogP contribution in [0, 0.1) is 6.92 Å². The molecular weight excluding hydrogens is 448 g/mol. The van der Waals surface area contributed by atoms with E-state index >= 15 is 0 Å². The molecule has 0 fully saturated rings. The van der Waals surface area contributed by atoms with Crippen LogP contribution in [0.3, 0.4) is 0 Å². The van der Waals surface area contributed by atoms with Gasteiger partial charge in [-0.25, -0.2) is 9.67 Å². The fourth-order valence-corrected chi connectivity index (χ4v) is 3.79. The molecule has 3 rings (SSSR count). The summed E-state index contributed by atoms with van der Waals surface area (Å²) in [7, 11) is 0. The molecule has 3 aromatic rings. The Morgan fingerprint density at radius 3 is 2.59 bits per heavy atom. The summed E-state index contributed by atoms with van der Waals surface area (Å²) < 4.78 is 40.5. The summed E-state index contributed by atoms with van der Waals surface area (Å²) in [5.41, 5.74) is -0.491. The van der Waals surface area contributed by atoms with E-state index in [1.54, 1.807) is 25.3 Å². The first kappa shape index (κ1) is 21.5. The molecule has 0 spiro atoms. The predicted molar refractivity (Wildman–Crippen MR) is 107 cm³/mol. The van der Waals surface area contributed by atoms with Gasteiger partial charge >= 0.3 is 6.18 Å². The SMILES string of the molecule is CSc1cc(Cl)cc(C)c1NC(=O)c1cc(C(F)(F)F)nn1-c1ncccc1Cl. The van der Waals surface area contributed by atoms with Crippen LogP contribution in [0.5, 0.6) is 0 Å². The molecule has 0 aliphatic rings. The summed E-state index contributed by atoms with van der Waals surface area (Å²) in [5, 5.41) is 6.69. The number of amides is 1. The highest BCUT2D eigenvalue weighted by molar-refractivity contribution is 7.98. The minimum Gasteiger partial charge on any atom is -0.319 e. The van der Waals surface area contributed by atoms with Gasteiger partial charge in [0.15, 0.2) is 11.5 Å². The van der Waals surface area contributed by atoms with Crippen LogP contribution in [0.2, 0.25) is 10.0 Å². The summed E-state index contributed by atoms with van der Waals surface area (Å²) in [6.07, 6.45) is -1.62. The summed E-state index contributed by atoms with van der Waals surface area (Å²) in [5.74, 6) is -0.886. The molecule has 29 heavy (non-hydrogen) atoms. The number of hydrogen-bond acceptors (Lipinski definition) is 4. The molecule has 0 aliphatic heterocycles. The zero-order valence-electron chi connectivity index (χ0n) is 15.0. The molecular formula is C18H13Cl2F3N4OS. The van der Waals surface area contributed by atoms with E-state index in [1.165, 1.54) is 30.1 Å². The second-order valence-corrected chi connectivity index (χ2v) is 7.58. The molecule has 0 saturated heterocycles. The first-order valence-corrected chi connectivity index (χ1v) is 10.0. The van der Waals surface area contributed by atoms with Crippen molar-refractivity contribution >= 4 is 46.6 Å². The highest BCUT2D eigenvalue weighted by atomic mass is 35.5. The van der Waals surface area contributed by atoms with Crippen LogP contribution in [-0.2, 0) is 6.18 Å². The van der Waals surface area contributed by atoms with Gasteiger partial charge < -0.3 is 5.32 Å². The van der Waals surface area contributed by atoms with Gasteiger partial charge in [-0.3, -0.25) is 4.79 Å². The molecule has 1 N–H and O–H groups in total. The van der Waals surface area contributed by atoms with Crippen molar-refractivity contribution in [1.29, 1.82) is 0 Å². The molecule has 0 radical (unpaired) electrons. The number of anilines is 1. The minimum absolute atomic E-state index is 0.0471. The van der Waals surface area contributed by atoms with Crippen molar-refractivity contribution < 1.29 is 18.0 Å². The second-order valence-electron chi connectivity index (χ2n) is 5.89. The number of nitrogens with zero attached hydrogens (tertiary/aromatic N) is 3. The van der Waals surface area contributed by atoms with E-state index in [0.717, 1.165) is 4.68 Å². The lowest BCUT2D eigenvalue weighted by Crippen LogP contribution is -2.18. The second kappa shape index (κ2) is 8.25. The Hall–Kier alpha value is -2.23. The van der Waals surface area contributed by atoms with E-state index in [-0.39, 0.29) is 16.5 Å². The Kier molecular flexibility index (Phi) is 6.11. The maximum Gasteiger partial charge on any atom is 0.435 e. The zero-order valence-corrected chi connectivity index (χ0v) is 17.3. The number of halogens is 5. The fourth-order valence-electron chi connectivity index (χ4n) is 2.59. The lowest BCUT2D eigenvalue weighted by Gasteiger charge is -2.14. The normalized spacial score (nSPS) is 11.6. The molecule has 0 saturated carbocycles. The number of aryl methyl sites for hydroxylation is 1. The maximum atomic E-state index is 13.2. The maximum absolute atomic E-state index is 13.2. The Balaban J connectivity index is 2.10. The molecule has 1 aromatic carbocycles. The van der Waals surface area contributed by atoms with Gasteiger partial charge in [-0.1, -0.05) is 23.2 Å². The van der Waals surface area contributed by atoms with Crippen LogP contribution < -0.4 is 5.32 Å². The highest BCUT2D eigenvalue weighted by Gasteiger charge is 2.36. The van der Waals surface area contributed by atoms with Gasteiger partial charge in [-0.2, -0.15) is 18.3 Å². The standard InChI is InChI=1S/C18H13Cl2F3N4OS/c1-9-6-10(19)7-13(29-2)15(9)25-17(28)12-8-14(18(21,22)23)26-27(12)16-11(20)4-3-5-24-16/h3-8H,1-2H3,(H,25,28). The molecule has 11 heteroatoms. The number of rotatable bonds is 4. The summed E-state index contributed by atoms with van der Waals surface area (Å²) >= 11 is 13.4. The number of pyridine rings is 1. The van der Waals surface area contributed by atoms with Crippen molar-refractivity contribution in [2.45, 2.75) is 18.0 Å². The summed E-state index contributed by atoms with van der Waals surface area (Å²) in [4.78, 5) is 17.5. The average molecular weight is 461 g/mol. The first-order valence-electron chi connectivity index (χ1n) is 8.05. The number of thioether (sulfide) groups is 1. The zero-order chi connectivity index (χ0) is 21.3. The van der Waals surface area contributed by atoms with Gasteiger partial charge in [0.05, 0.1) is 10.7 Å². The molecule has 2 aromatic heterocycles. The number of carbonyl (C=O) groups excluding carboxylic acids is 1. The molecule has 1 amide bonds. The number of benzene rings is 1. The molecule has 2 heterocycles. The Morgan fingerprint density at radius 2 is 1.97 bits per heavy atom. The van der Waals surface area contributed by atoms with Gasteiger partial charge in [0, 0.05) is 22.2 Å². The van der Waals surface area contributed by atoms with Gasteiger partial charge in [0.25, 0.3) is 5.91 Å². The fraction of sp³-hybridized carbons (Fsp3) is 0.167. The van der Waals surface area contributed by atoms with Gasteiger partial charge in [0.1, 0.15) is 5.69 Å². The van der Waals surface area contributed by atoms with E-state index in [9.17, 15) is 18.0 Å². The summed E-state index contributed by atoms with van der Waals surface area (Å²) in [6, 6.07) is 6.91. The van der Waals surface area contributed by atoms with Crippen molar-refractivity contribution in [2.75, 3.05) is 11.6 Å². The molecule has 152 valence electrons. The van der Waals surface area contributed by atoms with E-state index < -0.39 is 17.8 Å². The minimum atomic E-state index is -4.75. The molecule has 0 unspecified atom stereocenters. The third-order valence-corrected chi connectivity index (χ3v) is 5.17. The summed E-state index contributed by atoms with van der Waals surface area (Å²) in [6.45, 7) is 1.73. The largest absolute Gasteiger partial charge is 0.435 e. The monoisotopic (exact) mass is 460 g/mol.